The van der Waals surface area contributed by atoms with Crippen LogP contribution >= 0.6 is 11.6 Å². The average molecular weight is 346 g/mol. The van der Waals surface area contributed by atoms with Crippen LogP contribution in [0, 0.1) is 12.8 Å². The first-order chi connectivity index (χ1) is 11.4. The summed E-state index contributed by atoms with van der Waals surface area (Å²) < 4.78 is 0. The largest absolute Gasteiger partial charge is 0.353 e. The first-order valence-corrected chi connectivity index (χ1v) is 8.42. The fraction of sp³-hybridized carbons (Fsp3) is 0.389. The van der Waals surface area contributed by atoms with E-state index in [1.54, 1.807) is 23.1 Å². The molecule has 1 fully saturated rings. The molecule has 1 atom stereocenters. The third-order valence-corrected chi connectivity index (χ3v) is 4.51. The third-order valence-electron chi connectivity index (χ3n) is 4.28. The summed E-state index contributed by atoms with van der Waals surface area (Å²) in [4.78, 5) is 31.6. The molecular formula is C18H20ClN3O2. The van der Waals surface area contributed by atoms with Crippen molar-refractivity contribution in [2.75, 3.05) is 13.1 Å². The van der Waals surface area contributed by atoms with Crippen LogP contribution in [0.2, 0.25) is 5.02 Å². The molecule has 6 heteroatoms. The summed E-state index contributed by atoms with van der Waals surface area (Å²) in [5.74, 6) is -0.217. The Morgan fingerprint density at radius 3 is 2.83 bits per heavy atom. The SMILES string of the molecule is Cc1cc(C(=O)N2CCNC(=O)C2C(C)C)c2cc(Cl)ccc2n1. The molecule has 1 unspecified atom stereocenters. The molecule has 5 nitrogen and oxygen atoms in total. The molecule has 2 aromatic rings. The molecule has 1 saturated heterocycles. The Bertz CT molecular complexity index is 819. The van der Waals surface area contributed by atoms with E-state index in [1.807, 2.05) is 26.8 Å². The van der Waals surface area contributed by atoms with Gasteiger partial charge in [0, 0.05) is 29.2 Å². The molecule has 0 aliphatic carbocycles. The van der Waals surface area contributed by atoms with Gasteiger partial charge < -0.3 is 10.2 Å². The smallest absolute Gasteiger partial charge is 0.255 e. The van der Waals surface area contributed by atoms with Crippen molar-refractivity contribution in [2.24, 2.45) is 5.92 Å². The van der Waals surface area contributed by atoms with Crippen LogP contribution < -0.4 is 5.32 Å². The summed E-state index contributed by atoms with van der Waals surface area (Å²) in [5.41, 5.74) is 2.03. The van der Waals surface area contributed by atoms with Gasteiger partial charge in [-0.15, -0.1) is 0 Å². The zero-order valence-electron chi connectivity index (χ0n) is 14.0. The predicted molar refractivity (Wildman–Crippen MR) is 94.2 cm³/mol. The van der Waals surface area contributed by atoms with Crippen LogP contribution in [0.3, 0.4) is 0 Å². The lowest BCUT2D eigenvalue weighted by Gasteiger charge is -2.37. The van der Waals surface area contributed by atoms with Crippen molar-refractivity contribution in [2.45, 2.75) is 26.8 Å². The monoisotopic (exact) mass is 345 g/mol. The molecule has 1 aromatic carbocycles. The van der Waals surface area contributed by atoms with E-state index in [-0.39, 0.29) is 17.7 Å². The Morgan fingerprint density at radius 2 is 2.12 bits per heavy atom. The maximum atomic E-state index is 13.2. The topological polar surface area (TPSA) is 62.3 Å². The number of rotatable bonds is 2. The van der Waals surface area contributed by atoms with E-state index in [2.05, 4.69) is 10.3 Å². The van der Waals surface area contributed by atoms with Crippen LogP contribution in [0.15, 0.2) is 24.3 Å². The van der Waals surface area contributed by atoms with Crippen LogP contribution in [-0.4, -0.2) is 40.8 Å². The molecular weight excluding hydrogens is 326 g/mol. The maximum Gasteiger partial charge on any atom is 0.255 e. The highest BCUT2D eigenvalue weighted by Gasteiger charge is 2.36. The Morgan fingerprint density at radius 1 is 1.38 bits per heavy atom. The Balaban J connectivity index is 2.10. The maximum absolute atomic E-state index is 13.2. The lowest BCUT2D eigenvalue weighted by Crippen LogP contribution is -2.59. The number of nitrogens with one attached hydrogen (secondary N) is 1. The van der Waals surface area contributed by atoms with Crippen LogP contribution in [0.5, 0.6) is 0 Å². The summed E-state index contributed by atoms with van der Waals surface area (Å²) in [6.07, 6.45) is 0. The van der Waals surface area contributed by atoms with E-state index in [4.69, 9.17) is 11.6 Å². The van der Waals surface area contributed by atoms with Gasteiger partial charge in [0.05, 0.1) is 11.1 Å². The minimum atomic E-state index is -0.464. The number of pyridine rings is 1. The minimum absolute atomic E-state index is 0.0343. The first-order valence-electron chi connectivity index (χ1n) is 8.04. The van der Waals surface area contributed by atoms with Crippen molar-refractivity contribution >= 4 is 34.3 Å². The molecule has 0 saturated carbocycles. The van der Waals surface area contributed by atoms with E-state index < -0.39 is 6.04 Å². The van der Waals surface area contributed by atoms with Gasteiger partial charge in [-0.25, -0.2) is 0 Å². The van der Waals surface area contributed by atoms with E-state index in [1.165, 1.54) is 0 Å². The highest BCUT2D eigenvalue weighted by Crippen LogP contribution is 2.25. The second-order valence-electron chi connectivity index (χ2n) is 6.45. The normalized spacial score (nSPS) is 18.1. The molecule has 1 N–H and O–H groups in total. The minimum Gasteiger partial charge on any atom is -0.353 e. The molecule has 0 spiro atoms. The lowest BCUT2D eigenvalue weighted by molar-refractivity contribution is -0.129. The molecule has 126 valence electrons. The molecule has 1 aliphatic heterocycles. The van der Waals surface area contributed by atoms with Gasteiger partial charge in [0.15, 0.2) is 0 Å². The molecule has 3 rings (SSSR count). The zero-order chi connectivity index (χ0) is 17.4. The van der Waals surface area contributed by atoms with Gasteiger partial charge in [-0.05, 0) is 37.1 Å². The molecule has 1 aromatic heterocycles. The lowest BCUT2D eigenvalue weighted by atomic mass is 9.97. The Kier molecular flexibility index (Phi) is 4.45. The highest BCUT2D eigenvalue weighted by molar-refractivity contribution is 6.31. The number of fused-ring (bicyclic) bond motifs is 1. The Labute approximate surface area is 146 Å². The second kappa shape index (κ2) is 6.40. The molecule has 0 radical (unpaired) electrons. The fourth-order valence-electron chi connectivity index (χ4n) is 3.24. The number of carbonyl (C=O) groups excluding carboxylic acids is 2. The number of piperazine rings is 1. The van der Waals surface area contributed by atoms with Crippen LogP contribution in [0.25, 0.3) is 10.9 Å². The molecule has 24 heavy (non-hydrogen) atoms. The van der Waals surface area contributed by atoms with Crippen molar-refractivity contribution in [3.63, 3.8) is 0 Å². The van der Waals surface area contributed by atoms with E-state index in [9.17, 15) is 9.59 Å². The number of aromatic nitrogens is 1. The van der Waals surface area contributed by atoms with Crippen molar-refractivity contribution in [1.82, 2.24) is 15.2 Å². The highest BCUT2D eigenvalue weighted by atomic mass is 35.5. The van der Waals surface area contributed by atoms with Gasteiger partial charge in [-0.2, -0.15) is 0 Å². The van der Waals surface area contributed by atoms with Gasteiger partial charge in [0.2, 0.25) is 5.91 Å². The van der Waals surface area contributed by atoms with Crippen LogP contribution in [-0.2, 0) is 4.79 Å². The average Bonchev–Trinajstić information content (AvgIpc) is 2.53. The van der Waals surface area contributed by atoms with Gasteiger partial charge in [0.1, 0.15) is 6.04 Å². The van der Waals surface area contributed by atoms with Gasteiger partial charge in [0.25, 0.3) is 5.91 Å². The number of amides is 2. The number of benzene rings is 1. The third kappa shape index (κ3) is 2.96. The van der Waals surface area contributed by atoms with Gasteiger partial charge >= 0.3 is 0 Å². The molecule has 2 heterocycles. The van der Waals surface area contributed by atoms with Gasteiger partial charge in [-0.1, -0.05) is 25.4 Å². The summed E-state index contributed by atoms with van der Waals surface area (Å²) in [5, 5.41) is 4.11. The first kappa shape index (κ1) is 16.7. The van der Waals surface area contributed by atoms with E-state index in [0.717, 1.165) is 11.2 Å². The quantitative estimate of drug-likeness (QED) is 0.910. The Hall–Kier alpha value is -2.14. The van der Waals surface area contributed by atoms with Crippen LogP contribution in [0.4, 0.5) is 0 Å². The summed E-state index contributed by atoms with van der Waals surface area (Å²) in [6, 6.07) is 6.63. The van der Waals surface area contributed by atoms with Crippen molar-refractivity contribution in [3.8, 4) is 0 Å². The standard InChI is InChI=1S/C18H20ClN3O2/c1-10(2)16-17(23)20-6-7-22(16)18(24)14-8-11(3)21-15-5-4-12(19)9-13(14)15/h4-5,8-10,16H,6-7H2,1-3H3,(H,20,23). The number of hydrogen-bond acceptors (Lipinski definition) is 3. The number of nitrogens with zero attached hydrogens (tertiary/aromatic N) is 2. The van der Waals surface area contributed by atoms with Crippen molar-refractivity contribution in [3.05, 3.63) is 40.5 Å². The van der Waals surface area contributed by atoms with Crippen LogP contribution in [0.1, 0.15) is 29.9 Å². The number of aryl methyl sites for hydroxylation is 1. The molecule has 0 bridgehead atoms. The fourth-order valence-corrected chi connectivity index (χ4v) is 3.41. The second-order valence-corrected chi connectivity index (χ2v) is 6.89. The number of carbonyl (C=O) groups is 2. The van der Waals surface area contributed by atoms with E-state index in [0.29, 0.717) is 29.1 Å². The number of hydrogen-bond donors (Lipinski definition) is 1. The summed E-state index contributed by atoms with van der Waals surface area (Å²) in [7, 11) is 0. The zero-order valence-corrected chi connectivity index (χ0v) is 14.7. The van der Waals surface area contributed by atoms with Crippen molar-refractivity contribution < 1.29 is 9.59 Å². The van der Waals surface area contributed by atoms with Crippen molar-refractivity contribution in [1.29, 1.82) is 0 Å². The predicted octanol–water partition coefficient (Wildman–Crippen LogP) is 2.79. The molecule has 2 amide bonds. The summed E-state index contributed by atoms with van der Waals surface area (Å²) >= 11 is 6.11. The van der Waals surface area contributed by atoms with Gasteiger partial charge in [-0.3, -0.25) is 14.6 Å². The number of halogens is 1. The summed E-state index contributed by atoms with van der Waals surface area (Å²) in [6.45, 7) is 6.71. The molecule has 1 aliphatic rings. The van der Waals surface area contributed by atoms with E-state index >= 15 is 0 Å².